The van der Waals surface area contributed by atoms with Crippen molar-refractivity contribution in [2.24, 2.45) is 0 Å². The molecule has 0 unspecified atom stereocenters. The Morgan fingerprint density at radius 1 is 0.310 bits per heavy atom. The Hall–Kier alpha value is 2.90. The van der Waals surface area contributed by atoms with Crippen molar-refractivity contribution in [3.63, 3.8) is 0 Å². The van der Waals surface area contributed by atoms with Gasteiger partial charge in [0.15, 0.2) is 0 Å². The molecule has 0 spiro atoms. The Labute approximate surface area is 230 Å². The summed E-state index contributed by atoms with van der Waals surface area (Å²) in [5.74, 6) is 0. The second kappa shape index (κ2) is 15.7. The average molecular weight is 986 g/mol. The van der Waals surface area contributed by atoms with E-state index in [1.807, 2.05) is 0 Å². The zero-order valence-corrected chi connectivity index (χ0v) is 22.8. The molecule has 0 atom stereocenters. The number of hydrogen-bond acceptors (Lipinski definition) is 21. The fourth-order valence-corrected chi connectivity index (χ4v) is 5.21. The van der Waals surface area contributed by atoms with E-state index in [0.717, 1.165) is 0 Å². The molecule has 0 aromatic heterocycles. The summed E-state index contributed by atoms with van der Waals surface area (Å²) in [6, 6.07) is 0. The van der Waals surface area contributed by atoms with Gasteiger partial charge in [0, 0.05) is 0 Å². The molecule has 29 heavy (non-hydrogen) atoms. The van der Waals surface area contributed by atoms with E-state index in [-0.39, 0.29) is 73.7 Å². The molecule has 0 amide bonds. The smallest absolute Gasteiger partial charge is 3.00 e. The number of rotatable bonds is 6. The molecule has 0 aliphatic heterocycles. The maximum atomic E-state index is 9.38. The van der Waals surface area contributed by atoms with Crippen molar-refractivity contribution in [2.75, 3.05) is 0 Å². The van der Waals surface area contributed by atoms with E-state index < -0.39 is 81.7 Å². The van der Waals surface area contributed by atoms with Gasteiger partial charge in [-0.3, -0.25) is 0 Å². The molecular formula is Cr6O21Tm2. The van der Waals surface area contributed by atoms with Crippen LogP contribution in [0.15, 0.2) is 0 Å². The predicted molar refractivity (Wildman–Crippen MR) is 11.5 cm³/mol. The molecule has 29 heteroatoms. The van der Waals surface area contributed by atoms with Crippen molar-refractivity contribution in [3.05, 3.63) is 0 Å². The Bertz CT molecular complexity index is 854. The Morgan fingerprint density at radius 3 is 0.379 bits per heavy atom. The molecule has 0 radical (unpaired) electrons. The molecule has 0 aromatic rings. The van der Waals surface area contributed by atoms with Crippen LogP contribution in [-0.4, -0.2) is 0 Å². The minimum absolute atomic E-state index is 0. The Balaban J connectivity index is -0.0000000960. The van der Waals surface area contributed by atoms with Gasteiger partial charge in [-0.15, -0.1) is 0 Å². The zero-order valence-electron chi connectivity index (χ0n) is 11.6. The van der Waals surface area contributed by atoms with Gasteiger partial charge in [-0.2, -0.15) is 0 Å². The molecule has 0 aliphatic carbocycles. The molecule has 0 fully saturated rings. The van der Waals surface area contributed by atoms with Gasteiger partial charge < -0.3 is 0 Å². The molecule has 0 saturated carbocycles. The van der Waals surface area contributed by atoms with E-state index in [4.69, 9.17) is 0 Å². The van der Waals surface area contributed by atoms with Crippen LogP contribution in [-0.2, 0) is 136 Å². The minimum atomic E-state index is -6.07. The van der Waals surface area contributed by atoms with Crippen LogP contribution in [0.2, 0.25) is 0 Å². The van der Waals surface area contributed by atoms with E-state index in [9.17, 15) is 70.6 Å². The molecule has 0 bridgehead atoms. The molecule has 21 nitrogen and oxygen atoms in total. The third kappa shape index (κ3) is 59.1. The summed E-state index contributed by atoms with van der Waals surface area (Å²) in [7, 11) is 0. The standard InChI is InChI=1S/6Cr.21O.2Tm/q;;;;;;;;;;;;;;;;;;;;;6*-1;2*+3. The molecule has 0 saturated heterocycles. The van der Waals surface area contributed by atoms with Crippen LogP contribution in [0.1, 0.15) is 0 Å². The van der Waals surface area contributed by atoms with Crippen molar-refractivity contribution >= 4 is 0 Å². The van der Waals surface area contributed by atoms with Crippen molar-refractivity contribution in [1.82, 2.24) is 0 Å². The second-order valence-electron chi connectivity index (χ2n) is 2.65. The van der Waals surface area contributed by atoms with Gasteiger partial charge in [-0.1, -0.05) is 0 Å². The minimum Gasteiger partial charge on any atom is 3.00 e. The van der Waals surface area contributed by atoms with Crippen LogP contribution in [0.25, 0.3) is 0 Å². The van der Waals surface area contributed by atoms with Crippen LogP contribution < -0.4 is 24.9 Å². The predicted octanol–water partition coefficient (Wildman–Crippen LogP) is -8.78. The van der Waals surface area contributed by atoms with Crippen molar-refractivity contribution in [2.45, 2.75) is 0 Å². The molecule has 0 rings (SSSR count). The van der Waals surface area contributed by atoms with E-state index in [0.29, 0.717) is 0 Å². The summed E-state index contributed by atoms with van der Waals surface area (Å²) in [5, 5.41) is 0. The molecule has 0 heterocycles. The second-order valence-corrected chi connectivity index (χ2v) is 13.6. The van der Waals surface area contributed by atoms with Gasteiger partial charge >= 0.3 is 235 Å². The number of hydrogen-bond donors (Lipinski definition) is 0. The Morgan fingerprint density at radius 2 is 0.379 bits per heavy atom. The van der Waals surface area contributed by atoms with Crippen LogP contribution in [0.5, 0.6) is 0 Å². The fourth-order valence-electron chi connectivity index (χ4n) is 0.306. The van der Waals surface area contributed by atoms with Gasteiger partial charge in [0.1, 0.15) is 0 Å². The quantitative estimate of drug-likeness (QED) is 0.238. The molecule has 0 aromatic carbocycles. The zero-order chi connectivity index (χ0) is 23.1. The monoisotopic (exact) mass is 985 g/mol. The first-order valence-electron chi connectivity index (χ1n) is 4.00. The molecule has 0 aliphatic rings. The van der Waals surface area contributed by atoms with Crippen molar-refractivity contribution < 1.29 is 235 Å². The van der Waals surface area contributed by atoms with Gasteiger partial charge in [0.2, 0.25) is 0 Å². The molecule has 0 N–H and O–H groups in total. The van der Waals surface area contributed by atoms with Crippen LogP contribution in [0.4, 0.5) is 0 Å². The van der Waals surface area contributed by atoms with Crippen LogP contribution >= 0.6 is 0 Å². The maximum absolute atomic E-state index is 9.38. The first-order valence-corrected chi connectivity index (χ1v) is 16.5. The van der Waals surface area contributed by atoms with Crippen molar-refractivity contribution in [1.29, 1.82) is 0 Å². The topological polar surface area (TPSA) is 371 Å². The summed E-state index contributed by atoms with van der Waals surface area (Å²) in [5.41, 5.74) is 0. The van der Waals surface area contributed by atoms with Gasteiger partial charge in [0.05, 0.1) is 0 Å². The van der Waals surface area contributed by atoms with Crippen molar-refractivity contribution in [3.8, 4) is 0 Å². The normalized spacial score (nSPS) is 12.6. The summed E-state index contributed by atoms with van der Waals surface area (Å²) >= 11 is -36.4. The summed E-state index contributed by atoms with van der Waals surface area (Å²) in [6.45, 7) is 0. The first-order chi connectivity index (χ1) is 11.1. The summed E-state index contributed by atoms with van der Waals surface area (Å²) in [6.07, 6.45) is 0. The largest absolute Gasteiger partial charge is 3.00 e. The summed E-state index contributed by atoms with van der Waals surface area (Å²) in [4.78, 5) is 0. The van der Waals surface area contributed by atoms with E-state index >= 15 is 0 Å². The third-order valence-electron chi connectivity index (χ3n) is 0.500. The SMILES string of the molecule is [O]=[Cr](=[O])([O-])[O][Cr](=[O])(=[O])[O-].[O]=[Cr](=[O])([O-])[O][Cr](=[O])(=[O])[O-].[O]=[Cr](=[O])([O-])[O][Cr](=[O])(=[O])[O-].[Tm+3].[Tm+3]. The van der Waals surface area contributed by atoms with E-state index in [2.05, 4.69) is 8.52 Å². The maximum Gasteiger partial charge on any atom is 3.00 e. The summed E-state index contributed by atoms with van der Waals surface area (Å²) < 4.78 is 177. The Kier molecular flexibility index (Phi) is 22.8. The van der Waals surface area contributed by atoms with E-state index in [1.165, 1.54) is 0 Å². The van der Waals surface area contributed by atoms with Gasteiger partial charge in [-0.05, 0) is 0 Å². The first kappa shape index (κ1) is 42.1. The van der Waals surface area contributed by atoms with Gasteiger partial charge in [-0.25, -0.2) is 0 Å². The van der Waals surface area contributed by atoms with Gasteiger partial charge in [0.25, 0.3) is 0 Å². The van der Waals surface area contributed by atoms with Crippen LogP contribution in [0.3, 0.4) is 0 Å². The average Bonchev–Trinajstić information content (AvgIpc) is 1.96. The third-order valence-corrected chi connectivity index (χ3v) is 8.50. The fraction of sp³-hybridized carbons (Fsp3) is 0. The molecular weight excluding hydrogens is 986 g/mol. The molecule has 188 valence electrons. The van der Waals surface area contributed by atoms with E-state index in [1.54, 1.807) is 0 Å². The van der Waals surface area contributed by atoms with Crippen LogP contribution in [0, 0.1) is 73.7 Å².